The summed E-state index contributed by atoms with van der Waals surface area (Å²) in [6, 6.07) is 6.94. The quantitative estimate of drug-likeness (QED) is 0.504. The molecule has 1 aliphatic rings. The molecule has 0 radical (unpaired) electrons. The second-order valence-electron chi connectivity index (χ2n) is 8.48. The van der Waals surface area contributed by atoms with Crippen molar-refractivity contribution < 1.29 is 9.53 Å². The van der Waals surface area contributed by atoms with Crippen LogP contribution in [0.15, 0.2) is 33.9 Å². The largest absolute Gasteiger partial charge is 0.497 e. The fourth-order valence-corrected chi connectivity index (χ4v) is 5.99. The van der Waals surface area contributed by atoms with E-state index >= 15 is 0 Å². The Morgan fingerprint density at radius 3 is 2.55 bits per heavy atom. The van der Waals surface area contributed by atoms with Gasteiger partial charge in [-0.25, -0.2) is 9.36 Å². The summed E-state index contributed by atoms with van der Waals surface area (Å²) in [5, 5.41) is 0.586. The van der Waals surface area contributed by atoms with E-state index in [4.69, 9.17) is 4.74 Å². The van der Waals surface area contributed by atoms with E-state index in [2.05, 4.69) is 0 Å². The van der Waals surface area contributed by atoms with E-state index in [1.54, 1.807) is 31.4 Å². The first kappa shape index (κ1) is 23.3. The first-order valence-corrected chi connectivity index (χ1v) is 12.5. The molecule has 0 saturated carbocycles. The van der Waals surface area contributed by atoms with E-state index in [-0.39, 0.29) is 18.0 Å². The Kier molecular flexibility index (Phi) is 7.02. The van der Waals surface area contributed by atoms with E-state index in [1.807, 2.05) is 18.7 Å². The highest BCUT2D eigenvalue weighted by atomic mass is 32.1. The molecule has 33 heavy (non-hydrogen) atoms. The summed E-state index contributed by atoms with van der Waals surface area (Å²) in [6.07, 6.45) is 5.54. The van der Waals surface area contributed by atoms with Gasteiger partial charge in [0.1, 0.15) is 17.1 Å². The third-order valence-corrected chi connectivity index (χ3v) is 7.50. The van der Waals surface area contributed by atoms with E-state index in [9.17, 15) is 14.4 Å². The highest BCUT2D eigenvalue weighted by Gasteiger charge is 2.26. The molecule has 2 aromatic heterocycles. The number of hydrogen-bond donors (Lipinski definition) is 0. The van der Waals surface area contributed by atoms with Crippen molar-refractivity contribution >= 4 is 27.5 Å². The highest BCUT2D eigenvalue weighted by Crippen LogP contribution is 2.34. The van der Waals surface area contributed by atoms with Crippen LogP contribution in [0.25, 0.3) is 15.9 Å². The maximum absolute atomic E-state index is 13.7. The van der Waals surface area contributed by atoms with Gasteiger partial charge >= 0.3 is 5.69 Å². The van der Waals surface area contributed by atoms with Crippen LogP contribution in [-0.2, 0) is 24.2 Å². The molecule has 0 spiro atoms. The molecule has 1 amide bonds. The summed E-state index contributed by atoms with van der Waals surface area (Å²) in [6.45, 7) is 5.31. The molecule has 0 atom stereocenters. The molecular weight excluding hydrogens is 438 g/mol. The second kappa shape index (κ2) is 9.95. The number of carbonyl (C=O) groups is 1. The summed E-state index contributed by atoms with van der Waals surface area (Å²) < 4.78 is 8.03. The first-order chi connectivity index (χ1) is 16.0. The molecule has 1 aliphatic carbocycles. The van der Waals surface area contributed by atoms with Gasteiger partial charge in [0.2, 0.25) is 5.91 Å². The number of carbonyl (C=O) groups excluding carboxylic acids is 1. The van der Waals surface area contributed by atoms with E-state index in [0.29, 0.717) is 34.7 Å². The molecule has 3 aromatic rings. The molecule has 0 saturated heterocycles. The third-order valence-electron chi connectivity index (χ3n) is 6.18. The SMILES string of the molecule is CCCN(CCC)C(=O)Cn1c(=O)n(-c2cccc(OC)c2)c(=O)c2c3c(sc21)CCCC3. The summed E-state index contributed by atoms with van der Waals surface area (Å²) in [7, 11) is 1.55. The van der Waals surface area contributed by atoms with Crippen LogP contribution in [0.2, 0.25) is 0 Å². The van der Waals surface area contributed by atoms with Crippen molar-refractivity contribution in [3.63, 3.8) is 0 Å². The summed E-state index contributed by atoms with van der Waals surface area (Å²) >= 11 is 1.50. The number of aryl methyl sites for hydroxylation is 2. The van der Waals surface area contributed by atoms with Gasteiger partial charge in [0.05, 0.1) is 18.2 Å². The van der Waals surface area contributed by atoms with Crippen molar-refractivity contribution in [3.8, 4) is 11.4 Å². The Labute approximate surface area is 197 Å². The van der Waals surface area contributed by atoms with E-state index in [0.717, 1.165) is 49.0 Å². The molecule has 0 fully saturated rings. The van der Waals surface area contributed by atoms with Crippen molar-refractivity contribution in [3.05, 3.63) is 55.5 Å². The molecule has 1 aromatic carbocycles. The maximum atomic E-state index is 13.7. The zero-order valence-corrected chi connectivity index (χ0v) is 20.4. The zero-order chi connectivity index (χ0) is 23.5. The first-order valence-electron chi connectivity index (χ1n) is 11.7. The van der Waals surface area contributed by atoms with Crippen LogP contribution in [0.1, 0.15) is 50.0 Å². The van der Waals surface area contributed by atoms with Gasteiger partial charge in [-0.1, -0.05) is 19.9 Å². The smallest absolute Gasteiger partial charge is 0.337 e. The Bertz CT molecular complexity index is 1280. The monoisotopic (exact) mass is 469 g/mol. The number of methoxy groups -OCH3 is 1. The molecular formula is C25H31N3O4S. The average molecular weight is 470 g/mol. The van der Waals surface area contributed by atoms with Gasteiger partial charge in [0.15, 0.2) is 0 Å². The number of aromatic nitrogens is 2. The lowest BCUT2D eigenvalue weighted by Gasteiger charge is -2.22. The average Bonchev–Trinajstić information content (AvgIpc) is 3.21. The standard InChI is InChI=1S/C25H31N3O4S/c1-4-13-26(14-5-2)21(29)16-27-24-22(19-11-6-7-12-20(19)33-24)23(30)28(25(27)31)17-9-8-10-18(15-17)32-3/h8-10,15H,4-7,11-14,16H2,1-3H3. The molecule has 4 rings (SSSR count). The van der Waals surface area contributed by atoms with Crippen molar-refractivity contribution in [2.75, 3.05) is 20.2 Å². The van der Waals surface area contributed by atoms with Gasteiger partial charge < -0.3 is 9.64 Å². The Morgan fingerprint density at radius 1 is 1.12 bits per heavy atom. The maximum Gasteiger partial charge on any atom is 0.337 e. The van der Waals surface area contributed by atoms with Crippen LogP contribution in [0.3, 0.4) is 0 Å². The fraction of sp³-hybridized carbons (Fsp3) is 0.480. The lowest BCUT2D eigenvalue weighted by Crippen LogP contribution is -2.43. The summed E-state index contributed by atoms with van der Waals surface area (Å²) in [4.78, 5) is 44.2. The van der Waals surface area contributed by atoms with Crippen molar-refractivity contribution in [2.45, 2.75) is 58.9 Å². The Morgan fingerprint density at radius 2 is 1.85 bits per heavy atom. The van der Waals surface area contributed by atoms with Crippen LogP contribution in [0, 0.1) is 0 Å². The van der Waals surface area contributed by atoms with Gasteiger partial charge in [-0.05, 0) is 56.2 Å². The molecule has 2 heterocycles. The molecule has 0 N–H and O–H groups in total. The number of amides is 1. The van der Waals surface area contributed by atoms with E-state index in [1.165, 1.54) is 20.5 Å². The molecule has 176 valence electrons. The van der Waals surface area contributed by atoms with Gasteiger partial charge in [-0.2, -0.15) is 0 Å². The number of thiophene rings is 1. The van der Waals surface area contributed by atoms with Gasteiger partial charge in [-0.15, -0.1) is 11.3 Å². The van der Waals surface area contributed by atoms with Crippen LogP contribution >= 0.6 is 11.3 Å². The number of rotatable bonds is 8. The lowest BCUT2D eigenvalue weighted by molar-refractivity contribution is -0.131. The topological polar surface area (TPSA) is 73.5 Å². The normalized spacial score (nSPS) is 13.2. The number of benzene rings is 1. The van der Waals surface area contributed by atoms with Gasteiger partial charge in [-0.3, -0.25) is 14.2 Å². The zero-order valence-electron chi connectivity index (χ0n) is 19.6. The van der Waals surface area contributed by atoms with Crippen LogP contribution in [-0.4, -0.2) is 40.1 Å². The molecule has 0 aliphatic heterocycles. The lowest BCUT2D eigenvalue weighted by atomic mass is 9.97. The molecule has 7 nitrogen and oxygen atoms in total. The molecule has 0 bridgehead atoms. The van der Waals surface area contributed by atoms with Gasteiger partial charge in [0, 0.05) is 24.0 Å². The van der Waals surface area contributed by atoms with Crippen molar-refractivity contribution in [1.82, 2.24) is 14.0 Å². The molecule has 8 heteroatoms. The number of hydrogen-bond acceptors (Lipinski definition) is 5. The minimum Gasteiger partial charge on any atom is -0.497 e. The Balaban J connectivity index is 1.95. The predicted molar refractivity (Wildman–Crippen MR) is 132 cm³/mol. The van der Waals surface area contributed by atoms with Crippen molar-refractivity contribution in [2.24, 2.45) is 0 Å². The van der Waals surface area contributed by atoms with Crippen LogP contribution in [0.5, 0.6) is 5.75 Å². The Hall–Kier alpha value is -2.87. The minimum absolute atomic E-state index is 0.0705. The third kappa shape index (κ3) is 4.36. The van der Waals surface area contributed by atoms with Crippen LogP contribution in [0.4, 0.5) is 0 Å². The fourth-order valence-electron chi connectivity index (χ4n) is 4.62. The number of nitrogens with zero attached hydrogens (tertiary/aromatic N) is 3. The van der Waals surface area contributed by atoms with Crippen molar-refractivity contribution in [1.29, 1.82) is 0 Å². The predicted octanol–water partition coefficient (Wildman–Crippen LogP) is 3.75. The highest BCUT2D eigenvalue weighted by molar-refractivity contribution is 7.18. The van der Waals surface area contributed by atoms with E-state index < -0.39 is 5.69 Å². The minimum atomic E-state index is -0.486. The number of fused-ring (bicyclic) bond motifs is 3. The summed E-state index contributed by atoms with van der Waals surface area (Å²) in [5.41, 5.74) is 0.691. The number of ether oxygens (including phenoxy) is 1. The van der Waals surface area contributed by atoms with Crippen LogP contribution < -0.4 is 16.0 Å². The second-order valence-corrected chi connectivity index (χ2v) is 9.57. The molecule has 0 unspecified atom stereocenters. The summed E-state index contributed by atoms with van der Waals surface area (Å²) in [5.74, 6) is 0.468. The van der Waals surface area contributed by atoms with Gasteiger partial charge in [0.25, 0.3) is 5.56 Å².